The minimum absolute atomic E-state index is 0.0753. The molecule has 0 unspecified atom stereocenters. The fourth-order valence-electron chi connectivity index (χ4n) is 25.5. The van der Waals surface area contributed by atoms with E-state index >= 15 is 0 Å². The summed E-state index contributed by atoms with van der Waals surface area (Å²) in [5.41, 5.74) is 12.9. The summed E-state index contributed by atoms with van der Waals surface area (Å²) in [6, 6.07) is 39.3. The summed E-state index contributed by atoms with van der Waals surface area (Å²) in [6.07, 6.45) is 39.2. The third-order valence-corrected chi connectivity index (χ3v) is 29.3. The largest absolute Gasteiger partial charge is 0.516 e. The van der Waals surface area contributed by atoms with Gasteiger partial charge in [-0.2, -0.15) is 0 Å². The Kier molecular flexibility index (Phi) is 16.7. The highest BCUT2D eigenvalue weighted by atomic mass is 16.5. The number of aliphatic hydroxyl groups is 3. The van der Waals surface area contributed by atoms with Gasteiger partial charge in [-0.1, -0.05) is 178 Å². The topological polar surface area (TPSA) is 131 Å². The van der Waals surface area contributed by atoms with Crippen LogP contribution in [-0.2, 0) is 28.8 Å². The first-order valence-electron chi connectivity index (χ1n) is 37.7. The van der Waals surface area contributed by atoms with Crippen LogP contribution in [-0.4, -0.2) is 65.4 Å². The Morgan fingerprint density at radius 1 is 0.789 bits per heavy atom. The molecule has 4 aromatic carbocycles. The number of allylic oxidation sites excluding steroid dienone is 9. The molecule has 4 aromatic rings. The van der Waals surface area contributed by atoms with E-state index in [2.05, 4.69) is 164 Å². The van der Waals surface area contributed by atoms with Crippen molar-refractivity contribution in [1.29, 1.82) is 0 Å². The highest BCUT2D eigenvalue weighted by Gasteiger charge is 2.81. The molecular weight excluding hydrogens is 1170 g/mol. The van der Waals surface area contributed by atoms with Gasteiger partial charge in [0, 0.05) is 53.7 Å². The number of carboxylic acids is 1. The molecule has 95 heavy (non-hydrogen) atoms. The van der Waals surface area contributed by atoms with Gasteiger partial charge in [0.15, 0.2) is 0 Å². The van der Waals surface area contributed by atoms with E-state index in [1.165, 1.54) is 80.5 Å². The van der Waals surface area contributed by atoms with Crippen molar-refractivity contribution in [3.8, 4) is 0 Å². The first-order chi connectivity index (χ1) is 46.3. The van der Waals surface area contributed by atoms with Crippen molar-refractivity contribution in [2.75, 3.05) is 26.8 Å². The van der Waals surface area contributed by atoms with E-state index in [0.717, 1.165) is 146 Å². The first kappa shape index (κ1) is 63.5. The van der Waals surface area contributed by atoms with Crippen LogP contribution in [0, 0.1) is 79.8 Å². The van der Waals surface area contributed by atoms with Gasteiger partial charge in [0.2, 0.25) is 0 Å². The average molecular weight is 1280 g/mol. The van der Waals surface area contributed by atoms with Gasteiger partial charge in [0.05, 0.1) is 36.8 Å². The first-order valence-corrected chi connectivity index (χ1v) is 37.7. The molecule has 20 rings (SSSR count). The Labute approximate surface area is 566 Å². The number of aliphatic carboxylic acids is 1. The van der Waals surface area contributed by atoms with Crippen LogP contribution in [0.15, 0.2) is 168 Å². The van der Waals surface area contributed by atoms with Crippen LogP contribution in [0.2, 0.25) is 0 Å². The molecule has 8 heteroatoms. The highest BCUT2D eigenvalue weighted by Crippen LogP contribution is 2.87. The number of carbonyl (C=O) groups is 1. The normalized spacial score (nSPS) is 37.9. The monoisotopic (exact) mass is 1270 g/mol. The van der Waals surface area contributed by atoms with Crippen LogP contribution >= 0.6 is 0 Å². The summed E-state index contributed by atoms with van der Waals surface area (Å²) in [7, 11) is 1.79. The van der Waals surface area contributed by atoms with Gasteiger partial charge in [-0.3, -0.25) is 4.79 Å². The van der Waals surface area contributed by atoms with Crippen molar-refractivity contribution in [1.82, 2.24) is 10.6 Å². The number of aliphatic hydroxyl groups excluding tert-OH is 3. The molecule has 6 heterocycles. The van der Waals surface area contributed by atoms with Gasteiger partial charge in [-0.15, -0.1) is 0 Å². The Hall–Kier alpha value is -6.19. The summed E-state index contributed by atoms with van der Waals surface area (Å²) in [4.78, 5) is 14.9. The molecule has 6 aliphatic heterocycles. The summed E-state index contributed by atoms with van der Waals surface area (Å²) < 4.78 is 5.54. The van der Waals surface area contributed by atoms with Crippen molar-refractivity contribution >= 4 is 23.2 Å². The minimum atomic E-state index is -0.806. The van der Waals surface area contributed by atoms with Gasteiger partial charge in [0.1, 0.15) is 0 Å². The lowest BCUT2D eigenvalue weighted by Crippen LogP contribution is -2.70. The number of methoxy groups -OCH3 is 1. The second-order valence-electron chi connectivity index (χ2n) is 33.1. The van der Waals surface area contributed by atoms with Crippen LogP contribution in [0.25, 0.3) is 17.2 Å². The maximum absolute atomic E-state index is 14.9. The van der Waals surface area contributed by atoms with Crippen molar-refractivity contribution in [3.63, 3.8) is 0 Å². The predicted octanol–water partition coefficient (Wildman–Crippen LogP) is 16.1. The van der Waals surface area contributed by atoms with Crippen LogP contribution in [0.1, 0.15) is 189 Å². The summed E-state index contributed by atoms with van der Waals surface area (Å²) in [6.45, 7) is 7.29. The standard InChI is InChI=1S/C87H106N2O6/c1-82-39-14-40-84-51-72-71-48-58-17-12-21-62(47-58)64-30-33-78(89-54-64)88-45-13-23-67(59-18-8-5-9-19-59)65(55-90)29-32-70(80(93)94)79-76(91)53-87-75(52-84)74(86(81(82)84,44-37-77(82)92)73(72)49-63-20-10-11-22-69(63)71)50-66(83(79,87)2)36-43-85(87)41-34-61(35-42-85)68(31-26-56-15-6-4-7-16-56)60-27-24-57(25-28-60)38-46-95-3/h4,6-7,10-12,14-17,20-22,24-25,27-28,30,33,40,47,49,51,55,59,61,66-68,70,73,76-77,79,81,88-92H,5,8-9,13,18-19,23,26,29,31-32,34-39,41-46,48,50,52-54H2,1-3H3,(H,93,94)/b65-55+/t61?,66-,67-,68-,70+,73-,76+,77-,79-,81+,82+,83+,84+,85?,86-,87+/m0/s1. The molecule has 5 fully saturated rings. The fraction of sp³-hybridized carbons (Fsp3) is 0.552. The molecule has 16 aliphatic rings. The second-order valence-corrected chi connectivity index (χ2v) is 33.1. The zero-order chi connectivity index (χ0) is 64.9. The molecule has 500 valence electrons. The van der Waals surface area contributed by atoms with E-state index in [0.29, 0.717) is 43.6 Å². The zero-order valence-corrected chi connectivity index (χ0v) is 57.1. The molecule has 5 saturated carbocycles. The Balaban J connectivity index is 0.878. The quantitative estimate of drug-likeness (QED) is 0.0684. The predicted molar refractivity (Wildman–Crippen MR) is 381 cm³/mol. The van der Waals surface area contributed by atoms with Gasteiger partial charge in [-0.25, -0.2) is 0 Å². The zero-order valence-electron chi connectivity index (χ0n) is 57.1. The lowest BCUT2D eigenvalue weighted by Gasteiger charge is -2.76. The molecule has 0 saturated heterocycles. The number of hydrogen-bond acceptors (Lipinski definition) is 7. The van der Waals surface area contributed by atoms with E-state index in [1.54, 1.807) is 18.3 Å². The second kappa shape index (κ2) is 25.0. The number of rotatable bonds is 10. The summed E-state index contributed by atoms with van der Waals surface area (Å²) >= 11 is 0. The number of aryl methyl sites for hydroxylation is 1. The number of ether oxygens (including phenoxy) is 1. The lowest BCUT2D eigenvalue weighted by atomic mass is 9.27. The Morgan fingerprint density at radius 2 is 1.58 bits per heavy atom. The summed E-state index contributed by atoms with van der Waals surface area (Å²) in [5, 5.41) is 60.8. The number of hydrogen-bond donors (Lipinski definition) is 6. The average Bonchev–Trinajstić information content (AvgIpc) is 1.63. The van der Waals surface area contributed by atoms with E-state index in [1.807, 2.05) is 0 Å². The smallest absolute Gasteiger partial charge is 0.306 e. The molecule has 0 aromatic heterocycles. The van der Waals surface area contributed by atoms with E-state index < -0.39 is 46.3 Å². The van der Waals surface area contributed by atoms with Crippen molar-refractivity contribution in [3.05, 3.63) is 206 Å². The Bertz CT molecular complexity index is 3910. The number of benzene rings is 4. The maximum atomic E-state index is 14.9. The molecule has 6 N–H and O–H groups in total. The van der Waals surface area contributed by atoms with Gasteiger partial charge >= 0.3 is 5.97 Å². The van der Waals surface area contributed by atoms with Crippen LogP contribution in [0.4, 0.5) is 0 Å². The third kappa shape index (κ3) is 10.1. The number of fused-ring (bicyclic) bond motifs is 1. The molecule has 14 atom stereocenters. The van der Waals surface area contributed by atoms with E-state index in [-0.39, 0.29) is 39.9 Å². The third-order valence-electron chi connectivity index (χ3n) is 29.3. The number of dihydropyridines is 1. The highest BCUT2D eigenvalue weighted by molar-refractivity contribution is 5.78. The van der Waals surface area contributed by atoms with Crippen LogP contribution in [0.5, 0.6) is 0 Å². The molecular formula is C87H106N2O6. The molecule has 10 aliphatic carbocycles. The Morgan fingerprint density at radius 3 is 2.36 bits per heavy atom. The summed E-state index contributed by atoms with van der Waals surface area (Å²) in [5.74, 6) is 0.882. The van der Waals surface area contributed by atoms with E-state index in [9.17, 15) is 25.2 Å². The van der Waals surface area contributed by atoms with Crippen molar-refractivity contribution in [2.24, 2.45) is 79.8 Å². The number of nitrogens with one attached hydrogen (secondary N) is 2. The maximum Gasteiger partial charge on any atom is 0.306 e. The van der Waals surface area contributed by atoms with Crippen LogP contribution in [0.3, 0.4) is 0 Å². The van der Waals surface area contributed by atoms with Gasteiger partial charge in [0.25, 0.3) is 0 Å². The van der Waals surface area contributed by atoms with Gasteiger partial charge in [-0.05, 0) is 254 Å². The van der Waals surface area contributed by atoms with Crippen LogP contribution < -0.4 is 21.1 Å². The molecule has 15 bridgehead atoms. The SMILES string of the molecule is COCCc1ccc([C@H](CCc2ccccc2)C2CCC3(CC2)CC[C@H]2CC4=C5C[C@@]67C=CC[C@]8(C)[C@@H](O)CC[C@@]4([C@H]4C=c9ccccc9=C(Cc9cccc(c9)C9=CC=C(NCCC[C@@H](C%10CCCCC%10)/C(=C/O)CC[C@@H](C(=O)O)[C@H]%10[C@H](O)C[C@]53[C@]2%10C)NC9)C4=C6)[C@@H]78)cc1. The lowest BCUT2D eigenvalue weighted by molar-refractivity contribution is -0.198. The van der Waals surface area contributed by atoms with E-state index in [4.69, 9.17) is 4.74 Å². The van der Waals surface area contributed by atoms with Crippen molar-refractivity contribution < 1.29 is 30.0 Å². The molecule has 3 spiro atoms. The van der Waals surface area contributed by atoms with Crippen molar-refractivity contribution in [2.45, 2.75) is 192 Å². The molecule has 0 radical (unpaired) electrons. The minimum Gasteiger partial charge on any atom is -0.516 e. The fourth-order valence-corrected chi connectivity index (χ4v) is 25.5. The molecule has 0 amide bonds. The van der Waals surface area contributed by atoms with Gasteiger partial charge < -0.3 is 35.8 Å². The number of carboxylic acid groups (broad SMARTS) is 1. The molecule has 8 nitrogen and oxygen atoms in total.